The lowest BCUT2D eigenvalue weighted by Crippen LogP contribution is -2.32. The summed E-state index contributed by atoms with van der Waals surface area (Å²) in [6, 6.07) is 9.13. The quantitative estimate of drug-likeness (QED) is 0.617. The van der Waals surface area contributed by atoms with E-state index in [4.69, 9.17) is 9.47 Å². The molecule has 5 nitrogen and oxygen atoms in total. The molecule has 1 aromatic rings. The standard InChI is InChI=1S/C15H16O5/c1-15(9-18-2)12(10-7-5-4-6-8-10)11(13(16)19-3)14(17)20-15/h4-8H,9H2,1-3H3. The number of methoxy groups -OCH3 is 2. The fourth-order valence-corrected chi connectivity index (χ4v) is 2.39. The van der Waals surface area contributed by atoms with Crippen LogP contribution < -0.4 is 0 Å². The number of cyclic esters (lactones) is 1. The van der Waals surface area contributed by atoms with Gasteiger partial charge >= 0.3 is 11.9 Å². The van der Waals surface area contributed by atoms with Gasteiger partial charge in [0.05, 0.1) is 13.7 Å². The molecule has 1 atom stereocenters. The van der Waals surface area contributed by atoms with Gasteiger partial charge in [-0.2, -0.15) is 0 Å². The van der Waals surface area contributed by atoms with E-state index in [2.05, 4.69) is 4.74 Å². The molecule has 0 fully saturated rings. The maximum Gasteiger partial charge on any atom is 0.347 e. The fraction of sp³-hybridized carbons (Fsp3) is 0.333. The predicted molar refractivity (Wildman–Crippen MR) is 71.8 cm³/mol. The molecule has 1 unspecified atom stereocenters. The van der Waals surface area contributed by atoms with Crippen molar-refractivity contribution in [2.75, 3.05) is 20.8 Å². The van der Waals surface area contributed by atoms with Gasteiger partial charge in [-0.1, -0.05) is 30.3 Å². The Kier molecular flexibility index (Phi) is 3.90. The van der Waals surface area contributed by atoms with Gasteiger partial charge in [-0.3, -0.25) is 0 Å². The topological polar surface area (TPSA) is 61.8 Å². The predicted octanol–water partition coefficient (Wildman–Crippen LogP) is 1.58. The SMILES string of the molecule is COCC1(C)OC(=O)C(C(=O)OC)=C1c1ccccc1. The fourth-order valence-electron chi connectivity index (χ4n) is 2.39. The zero-order chi connectivity index (χ0) is 14.8. The normalized spacial score (nSPS) is 21.9. The molecule has 1 heterocycles. The number of hydrogen-bond donors (Lipinski definition) is 0. The largest absolute Gasteiger partial charge is 0.465 e. The van der Waals surface area contributed by atoms with Gasteiger partial charge in [-0.15, -0.1) is 0 Å². The van der Waals surface area contributed by atoms with Crippen molar-refractivity contribution in [3.05, 3.63) is 41.5 Å². The third-order valence-corrected chi connectivity index (χ3v) is 3.17. The van der Waals surface area contributed by atoms with Crippen molar-refractivity contribution in [1.82, 2.24) is 0 Å². The highest BCUT2D eigenvalue weighted by molar-refractivity contribution is 6.23. The lowest BCUT2D eigenvalue weighted by Gasteiger charge is -2.25. The lowest BCUT2D eigenvalue weighted by atomic mass is 9.88. The summed E-state index contributed by atoms with van der Waals surface area (Å²) in [5.41, 5.74) is 0.157. The van der Waals surface area contributed by atoms with Gasteiger partial charge in [-0.05, 0) is 12.5 Å². The minimum absolute atomic E-state index is 0.0711. The van der Waals surface area contributed by atoms with Gasteiger partial charge in [0.2, 0.25) is 0 Å². The Morgan fingerprint density at radius 1 is 1.25 bits per heavy atom. The van der Waals surface area contributed by atoms with E-state index >= 15 is 0 Å². The second kappa shape index (κ2) is 5.46. The van der Waals surface area contributed by atoms with Crippen LogP contribution >= 0.6 is 0 Å². The van der Waals surface area contributed by atoms with Crippen molar-refractivity contribution in [2.45, 2.75) is 12.5 Å². The molecule has 0 radical (unpaired) electrons. The Bertz CT molecular complexity index is 561. The maximum atomic E-state index is 12.0. The van der Waals surface area contributed by atoms with E-state index in [1.54, 1.807) is 6.92 Å². The summed E-state index contributed by atoms with van der Waals surface area (Å²) < 4.78 is 15.2. The van der Waals surface area contributed by atoms with Crippen LogP contribution in [0.3, 0.4) is 0 Å². The van der Waals surface area contributed by atoms with Crippen molar-refractivity contribution in [2.24, 2.45) is 0 Å². The Hall–Kier alpha value is -2.14. The Morgan fingerprint density at radius 3 is 2.45 bits per heavy atom. The van der Waals surface area contributed by atoms with Crippen molar-refractivity contribution in [3.8, 4) is 0 Å². The minimum atomic E-state index is -1.00. The first-order valence-electron chi connectivity index (χ1n) is 6.14. The molecule has 0 amide bonds. The molecule has 0 bridgehead atoms. The third-order valence-electron chi connectivity index (χ3n) is 3.17. The van der Waals surface area contributed by atoms with E-state index in [0.717, 1.165) is 5.56 Å². The van der Waals surface area contributed by atoms with E-state index in [1.165, 1.54) is 14.2 Å². The van der Waals surface area contributed by atoms with Crippen LogP contribution in [0.1, 0.15) is 12.5 Å². The van der Waals surface area contributed by atoms with Crippen LogP contribution in [0.15, 0.2) is 35.9 Å². The van der Waals surface area contributed by atoms with Gasteiger partial charge in [0.25, 0.3) is 0 Å². The summed E-state index contributed by atoms with van der Waals surface area (Å²) in [7, 11) is 2.75. The van der Waals surface area contributed by atoms with Crippen molar-refractivity contribution < 1.29 is 23.8 Å². The first-order chi connectivity index (χ1) is 9.53. The number of benzene rings is 1. The molecule has 106 valence electrons. The monoisotopic (exact) mass is 276 g/mol. The van der Waals surface area contributed by atoms with Gasteiger partial charge in [-0.25, -0.2) is 9.59 Å². The molecule has 0 N–H and O–H groups in total. The number of ether oxygens (including phenoxy) is 3. The zero-order valence-electron chi connectivity index (χ0n) is 11.6. The lowest BCUT2D eigenvalue weighted by molar-refractivity contribution is -0.151. The molecular weight excluding hydrogens is 260 g/mol. The third kappa shape index (κ3) is 2.32. The van der Waals surface area contributed by atoms with E-state index in [0.29, 0.717) is 5.57 Å². The molecule has 5 heteroatoms. The van der Waals surface area contributed by atoms with E-state index in [-0.39, 0.29) is 12.2 Å². The number of esters is 2. The summed E-state index contributed by atoms with van der Waals surface area (Å²) >= 11 is 0. The van der Waals surface area contributed by atoms with Crippen LogP contribution in [-0.2, 0) is 23.8 Å². The molecule has 0 aliphatic carbocycles. The number of rotatable bonds is 4. The number of carbonyl (C=O) groups excluding carboxylic acids is 2. The Morgan fingerprint density at radius 2 is 1.90 bits per heavy atom. The molecule has 20 heavy (non-hydrogen) atoms. The van der Waals surface area contributed by atoms with Crippen molar-refractivity contribution >= 4 is 17.5 Å². The average molecular weight is 276 g/mol. The van der Waals surface area contributed by atoms with Crippen LogP contribution in [-0.4, -0.2) is 38.4 Å². The first kappa shape index (κ1) is 14.3. The molecular formula is C15H16O5. The molecule has 1 aliphatic rings. The summed E-state index contributed by atoms with van der Waals surface area (Å²) in [6.07, 6.45) is 0. The first-order valence-corrected chi connectivity index (χ1v) is 6.14. The molecule has 2 rings (SSSR count). The summed E-state index contributed by atoms with van der Waals surface area (Å²) in [4.78, 5) is 23.9. The maximum absolute atomic E-state index is 12.0. The highest BCUT2D eigenvalue weighted by Crippen LogP contribution is 2.40. The summed E-state index contributed by atoms with van der Waals surface area (Å²) in [5, 5.41) is 0. The molecule has 1 aliphatic heterocycles. The van der Waals surface area contributed by atoms with Crippen molar-refractivity contribution in [1.29, 1.82) is 0 Å². The summed E-state index contributed by atoms with van der Waals surface area (Å²) in [6.45, 7) is 1.87. The van der Waals surface area contributed by atoms with Gasteiger partial charge in [0.15, 0.2) is 11.2 Å². The average Bonchev–Trinajstić information content (AvgIpc) is 2.70. The van der Waals surface area contributed by atoms with Gasteiger partial charge in [0.1, 0.15) is 0 Å². The number of hydrogen-bond acceptors (Lipinski definition) is 5. The van der Waals surface area contributed by atoms with Gasteiger partial charge < -0.3 is 14.2 Å². The molecule has 0 spiro atoms. The molecule has 0 saturated carbocycles. The van der Waals surface area contributed by atoms with Crippen LogP contribution in [0.4, 0.5) is 0 Å². The van der Waals surface area contributed by atoms with Crippen LogP contribution in [0, 0.1) is 0 Å². The Labute approximate surface area is 117 Å². The highest BCUT2D eigenvalue weighted by Gasteiger charge is 2.47. The van der Waals surface area contributed by atoms with E-state index in [1.807, 2.05) is 30.3 Å². The Balaban J connectivity index is 2.64. The molecule has 0 saturated heterocycles. The van der Waals surface area contributed by atoms with E-state index < -0.39 is 17.5 Å². The van der Waals surface area contributed by atoms with E-state index in [9.17, 15) is 9.59 Å². The molecule has 1 aromatic carbocycles. The second-order valence-corrected chi connectivity index (χ2v) is 4.66. The zero-order valence-corrected chi connectivity index (χ0v) is 11.6. The summed E-state index contributed by atoms with van der Waals surface area (Å²) in [5.74, 6) is -1.39. The van der Waals surface area contributed by atoms with Gasteiger partial charge in [0, 0.05) is 12.7 Å². The van der Waals surface area contributed by atoms with Crippen LogP contribution in [0.5, 0.6) is 0 Å². The molecule has 0 aromatic heterocycles. The van der Waals surface area contributed by atoms with Crippen LogP contribution in [0.25, 0.3) is 5.57 Å². The van der Waals surface area contributed by atoms with Crippen LogP contribution in [0.2, 0.25) is 0 Å². The van der Waals surface area contributed by atoms with Crippen molar-refractivity contribution in [3.63, 3.8) is 0 Å². The minimum Gasteiger partial charge on any atom is -0.465 e. The number of carbonyl (C=O) groups is 2. The second-order valence-electron chi connectivity index (χ2n) is 4.66. The smallest absolute Gasteiger partial charge is 0.347 e. The highest BCUT2D eigenvalue weighted by atomic mass is 16.6.